The Morgan fingerprint density at radius 2 is 1.95 bits per heavy atom. The number of fused-ring (bicyclic) bond motifs is 1. The molecule has 0 saturated heterocycles. The van der Waals surface area contributed by atoms with E-state index in [4.69, 9.17) is 9.47 Å². The maximum absolute atomic E-state index is 11.9. The molecule has 1 aliphatic heterocycles. The Bertz CT molecular complexity index is 504. The van der Waals surface area contributed by atoms with Gasteiger partial charge in [0.1, 0.15) is 6.61 Å². The lowest BCUT2D eigenvalue weighted by Gasteiger charge is -2.25. The first-order chi connectivity index (χ1) is 10.2. The van der Waals surface area contributed by atoms with Gasteiger partial charge in [-0.3, -0.25) is 20.4 Å². The Balaban J connectivity index is 1.76. The number of ether oxygens (including phenoxy) is 2. The fourth-order valence-corrected chi connectivity index (χ4v) is 1.96. The molecule has 1 aromatic rings. The summed E-state index contributed by atoms with van der Waals surface area (Å²) < 4.78 is 11.0. The molecule has 0 fully saturated rings. The monoisotopic (exact) mass is 292 g/mol. The number of carbonyl (C=O) groups is 2. The molecule has 21 heavy (non-hydrogen) atoms. The quantitative estimate of drug-likeness (QED) is 0.638. The summed E-state index contributed by atoms with van der Waals surface area (Å²) >= 11 is 0. The van der Waals surface area contributed by atoms with Crippen LogP contribution in [-0.2, 0) is 9.59 Å². The molecule has 6 nitrogen and oxygen atoms in total. The van der Waals surface area contributed by atoms with E-state index in [1.54, 1.807) is 18.2 Å². The maximum atomic E-state index is 11.9. The van der Waals surface area contributed by atoms with Crippen molar-refractivity contribution in [2.75, 3.05) is 6.61 Å². The number of hydrazine groups is 1. The minimum atomic E-state index is -0.768. The van der Waals surface area contributed by atoms with Gasteiger partial charge in [0.25, 0.3) is 5.91 Å². The normalized spacial score (nSPS) is 16.1. The van der Waals surface area contributed by atoms with Crippen molar-refractivity contribution in [2.45, 2.75) is 38.7 Å². The number of para-hydroxylation sites is 2. The third-order valence-corrected chi connectivity index (χ3v) is 3.13. The molecule has 0 bridgehead atoms. The molecule has 0 aromatic heterocycles. The Hall–Kier alpha value is -2.24. The van der Waals surface area contributed by atoms with Crippen LogP contribution in [0.5, 0.6) is 11.5 Å². The fourth-order valence-electron chi connectivity index (χ4n) is 1.96. The molecular formula is C15H20N2O4. The molecule has 1 aromatic carbocycles. The number of unbranched alkanes of at least 4 members (excludes halogenated alkanes) is 2. The van der Waals surface area contributed by atoms with Gasteiger partial charge in [0.15, 0.2) is 11.5 Å². The van der Waals surface area contributed by atoms with Crippen LogP contribution in [0.3, 0.4) is 0 Å². The lowest BCUT2D eigenvalue weighted by Crippen LogP contribution is -2.50. The van der Waals surface area contributed by atoms with Gasteiger partial charge in [0.2, 0.25) is 12.0 Å². The van der Waals surface area contributed by atoms with Gasteiger partial charge in [-0.2, -0.15) is 0 Å². The van der Waals surface area contributed by atoms with Crippen molar-refractivity contribution in [2.24, 2.45) is 0 Å². The minimum absolute atomic E-state index is 0.120. The van der Waals surface area contributed by atoms with Crippen LogP contribution >= 0.6 is 0 Å². The first kappa shape index (κ1) is 15.2. The Morgan fingerprint density at radius 3 is 2.71 bits per heavy atom. The molecule has 1 atom stereocenters. The van der Waals surface area contributed by atoms with Gasteiger partial charge in [-0.25, -0.2) is 0 Å². The number of hydrogen-bond acceptors (Lipinski definition) is 4. The Morgan fingerprint density at radius 1 is 1.19 bits per heavy atom. The number of hydrogen-bond donors (Lipinski definition) is 2. The van der Waals surface area contributed by atoms with Crippen LogP contribution in [0.15, 0.2) is 24.3 Å². The lowest BCUT2D eigenvalue weighted by atomic mass is 10.2. The Labute approximate surface area is 123 Å². The second kappa shape index (κ2) is 7.52. The molecule has 1 unspecified atom stereocenters. The zero-order valence-corrected chi connectivity index (χ0v) is 12.1. The molecule has 1 aliphatic rings. The number of nitrogens with one attached hydrogen (secondary N) is 2. The number of benzene rings is 1. The molecule has 0 spiro atoms. The number of amides is 2. The van der Waals surface area contributed by atoms with Crippen LogP contribution in [-0.4, -0.2) is 24.5 Å². The molecule has 0 aliphatic carbocycles. The zero-order chi connectivity index (χ0) is 15.1. The van der Waals surface area contributed by atoms with Gasteiger partial charge in [0.05, 0.1) is 0 Å². The van der Waals surface area contributed by atoms with Crippen LogP contribution in [0.1, 0.15) is 32.6 Å². The highest BCUT2D eigenvalue weighted by molar-refractivity contribution is 5.85. The van der Waals surface area contributed by atoms with E-state index >= 15 is 0 Å². The topological polar surface area (TPSA) is 76.7 Å². The van der Waals surface area contributed by atoms with Crippen molar-refractivity contribution in [3.63, 3.8) is 0 Å². The first-order valence-corrected chi connectivity index (χ1v) is 7.18. The zero-order valence-electron chi connectivity index (χ0n) is 12.1. The van der Waals surface area contributed by atoms with Crippen LogP contribution in [0.2, 0.25) is 0 Å². The third-order valence-electron chi connectivity index (χ3n) is 3.13. The minimum Gasteiger partial charge on any atom is -0.485 e. The summed E-state index contributed by atoms with van der Waals surface area (Å²) in [6, 6.07) is 7.15. The van der Waals surface area contributed by atoms with E-state index in [2.05, 4.69) is 17.8 Å². The van der Waals surface area contributed by atoms with Gasteiger partial charge in [-0.15, -0.1) is 0 Å². The number of rotatable bonds is 5. The average Bonchev–Trinajstić information content (AvgIpc) is 2.52. The first-order valence-electron chi connectivity index (χ1n) is 7.18. The predicted molar refractivity (Wildman–Crippen MR) is 76.8 cm³/mol. The van der Waals surface area contributed by atoms with Crippen molar-refractivity contribution in [1.82, 2.24) is 10.9 Å². The van der Waals surface area contributed by atoms with E-state index in [0.29, 0.717) is 17.9 Å². The summed E-state index contributed by atoms with van der Waals surface area (Å²) in [7, 11) is 0. The van der Waals surface area contributed by atoms with Crippen molar-refractivity contribution in [1.29, 1.82) is 0 Å². The van der Waals surface area contributed by atoms with E-state index in [1.807, 2.05) is 6.07 Å². The molecule has 2 amide bonds. The van der Waals surface area contributed by atoms with Crippen molar-refractivity contribution >= 4 is 11.8 Å². The van der Waals surface area contributed by atoms with E-state index in [0.717, 1.165) is 19.3 Å². The summed E-state index contributed by atoms with van der Waals surface area (Å²) in [6.45, 7) is 2.19. The standard InChI is InChI=1S/C15H20N2O4/c1-2-3-4-9-14(18)16-17-15(19)13-10-20-11-7-5-6-8-12(11)21-13/h5-8,13H,2-4,9-10H2,1H3,(H,16,18)(H,17,19). The van der Waals surface area contributed by atoms with Crippen molar-refractivity contribution in [3.05, 3.63) is 24.3 Å². The van der Waals surface area contributed by atoms with Crippen LogP contribution in [0.4, 0.5) is 0 Å². The van der Waals surface area contributed by atoms with Gasteiger partial charge >= 0.3 is 0 Å². The number of carbonyl (C=O) groups excluding carboxylic acids is 2. The van der Waals surface area contributed by atoms with Crippen LogP contribution in [0.25, 0.3) is 0 Å². The van der Waals surface area contributed by atoms with E-state index in [1.165, 1.54) is 0 Å². The summed E-state index contributed by atoms with van der Waals surface area (Å²) in [6.07, 6.45) is 2.49. The fraction of sp³-hybridized carbons (Fsp3) is 0.467. The smallest absolute Gasteiger partial charge is 0.283 e. The van der Waals surface area contributed by atoms with Gasteiger partial charge in [-0.1, -0.05) is 31.9 Å². The van der Waals surface area contributed by atoms with E-state index in [9.17, 15) is 9.59 Å². The molecule has 2 N–H and O–H groups in total. The highest BCUT2D eigenvalue weighted by Crippen LogP contribution is 2.30. The predicted octanol–water partition coefficient (Wildman–Crippen LogP) is 1.55. The summed E-state index contributed by atoms with van der Waals surface area (Å²) in [5, 5.41) is 0. The second-order valence-electron chi connectivity index (χ2n) is 4.86. The summed E-state index contributed by atoms with van der Waals surface area (Å²) in [4.78, 5) is 23.4. The van der Waals surface area contributed by atoms with Crippen molar-refractivity contribution in [3.8, 4) is 11.5 Å². The molecule has 6 heteroatoms. The van der Waals surface area contributed by atoms with Crippen molar-refractivity contribution < 1.29 is 19.1 Å². The van der Waals surface area contributed by atoms with Gasteiger partial charge < -0.3 is 9.47 Å². The van der Waals surface area contributed by atoms with Gasteiger partial charge in [0, 0.05) is 6.42 Å². The maximum Gasteiger partial charge on any atom is 0.283 e. The second-order valence-corrected chi connectivity index (χ2v) is 4.86. The highest BCUT2D eigenvalue weighted by atomic mass is 16.6. The molecule has 114 valence electrons. The summed E-state index contributed by atoms with van der Waals surface area (Å²) in [5.41, 5.74) is 4.75. The summed E-state index contributed by atoms with van der Waals surface area (Å²) in [5.74, 6) is 0.519. The molecule has 2 rings (SSSR count). The van der Waals surface area contributed by atoms with E-state index in [-0.39, 0.29) is 12.5 Å². The van der Waals surface area contributed by atoms with Gasteiger partial charge in [-0.05, 0) is 18.6 Å². The SMILES string of the molecule is CCCCCC(=O)NNC(=O)C1COc2ccccc2O1. The van der Waals surface area contributed by atoms with Crippen LogP contribution in [0, 0.1) is 0 Å². The molecular weight excluding hydrogens is 272 g/mol. The highest BCUT2D eigenvalue weighted by Gasteiger charge is 2.27. The molecule has 0 saturated carbocycles. The Kier molecular flexibility index (Phi) is 5.43. The molecule has 0 radical (unpaired) electrons. The largest absolute Gasteiger partial charge is 0.485 e. The molecule has 1 heterocycles. The lowest BCUT2D eigenvalue weighted by molar-refractivity contribution is -0.135. The van der Waals surface area contributed by atoms with Crippen LogP contribution < -0.4 is 20.3 Å². The van der Waals surface area contributed by atoms with E-state index < -0.39 is 12.0 Å². The average molecular weight is 292 g/mol. The third kappa shape index (κ3) is 4.37.